The zero-order valence-electron chi connectivity index (χ0n) is 25.7. The van der Waals surface area contributed by atoms with E-state index >= 15 is 4.39 Å². The van der Waals surface area contributed by atoms with E-state index in [4.69, 9.17) is 14.6 Å². The molecule has 0 aliphatic carbocycles. The first-order chi connectivity index (χ1) is 20.4. The smallest absolute Gasteiger partial charge is 0.225 e. The van der Waals surface area contributed by atoms with Gasteiger partial charge in [0, 0.05) is 32.7 Å². The summed E-state index contributed by atoms with van der Waals surface area (Å²) in [6, 6.07) is 8.99. The zero-order chi connectivity index (χ0) is 30.5. The first kappa shape index (κ1) is 29.3. The molecule has 11 nitrogen and oxygen atoms in total. The lowest BCUT2D eigenvalue weighted by atomic mass is 10.1. The maximum absolute atomic E-state index is 15.0. The Hall–Kier alpha value is -3.81. The molecule has 0 radical (unpaired) electrons. The van der Waals surface area contributed by atoms with Gasteiger partial charge >= 0.3 is 0 Å². The van der Waals surface area contributed by atoms with Crippen LogP contribution in [-0.4, -0.2) is 75.3 Å². The SMILES string of the molecule is C[C@H](O[Si](C)(C)C(C)(C)C)c1ccc(F)c(N2CCN(CCn3ncc4c3nc(N)n3nc(-c5ccco5)nc43)CC2)c1. The molecule has 0 amide bonds. The number of piperazine rings is 1. The van der Waals surface area contributed by atoms with Crippen LogP contribution in [0, 0.1) is 5.82 Å². The standard InChI is InChI=1S/C30H40FN9O2Si/c1-20(42-43(5,6)30(2,3)4)21-9-10-23(31)24(18-21)38-14-11-37(12-15-38)13-16-39-27-22(19-33-39)28-34-26(25-8-7-17-41-25)36-40(28)29(32)35-27/h7-10,17-20H,11-16H2,1-6H3,(H2,32,35)/t20-/m0/s1. The fraction of sp³-hybridized carbons (Fsp3) is 0.467. The van der Waals surface area contributed by atoms with Crippen molar-refractivity contribution in [1.82, 2.24) is 34.3 Å². The van der Waals surface area contributed by atoms with Gasteiger partial charge in [-0.25, -0.2) is 14.1 Å². The topological polar surface area (TPSA) is 116 Å². The summed E-state index contributed by atoms with van der Waals surface area (Å²) in [6.45, 7) is 17.8. The Balaban J connectivity index is 1.10. The molecule has 0 spiro atoms. The number of furan rings is 1. The molecule has 1 fully saturated rings. The van der Waals surface area contributed by atoms with Crippen LogP contribution in [0.2, 0.25) is 18.1 Å². The molecule has 6 rings (SSSR count). The van der Waals surface area contributed by atoms with E-state index in [1.54, 1.807) is 30.7 Å². The second-order valence-corrected chi connectivity index (χ2v) is 17.5. The predicted octanol–water partition coefficient (Wildman–Crippen LogP) is 5.36. The number of nitrogen functional groups attached to an aromatic ring is 1. The molecule has 0 bridgehead atoms. The lowest BCUT2D eigenvalue weighted by molar-refractivity contribution is 0.203. The van der Waals surface area contributed by atoms with Crippen molar-refractivity contribution in [3.8, 4) is 11.6 Å². The third-order valence-corrected chi connectivity index (χ3v) is 13.5. The van der Waals surface area contributed by atoms with Crippen LogP contribution in [0.15, 0.2) is 47.2 Å². The average Bonchev–Trinajstić information content (AvgIpc) is 3.72. The molecular formula is C30H40FN9O2Si. The molecular weight excluding hydrogens is 565 g/mol. The van der Waals surface area contributed by atoms with Crippen molar-refractivity contribution < 1.29 is 13.2 Å². The summed E-state index contributed by atoms with van der Waals surface area (Å²) >= 11 is 0. The lowest BCUT2D eigenvalue weighted by Gasteiger charge is -2.39. The van der Waals surface area contributed by atoms with E-state index in [0.29, 0.717) is 35.1 Å². The van der Waals surface area contributed by atoms with Gasteiger partial charge in [-0.05, 0) is 54.9 Å². The number of hydrogen-bond donors (Lipinski definition) is 1. The minimum absolute atomic E-state index is 0.0937. The summed E-state index contributed by atoms with van der Waals surface area (Å²) in [6.07, 6.45) is 3.24. The van der Waals surface area contributed by atoms with Crippen LogP contribution in [0.1, 0.15) is 39.4 Å². The zero-order valence-corrected chi connectivity index (χ0v) is 26.7. The first-order valence-electron chi connectivity index (χ1n) is 14.8. The Morgan fingerprint density at radius 3 is 2.53 bits per heavy atom. The number of nitrogens with two attached hydrogens (primary N) is 1. The monoisotopic (exact) mass is 605 g/mol. The first-order valence-corrected chi connectivity index (χ1v) is 17.7. The largest absolute Gasteiger partial charge is 0.461 e. The van der Waals surface area contributed by atoms with E-state index in [9.17, 15) is 0 Å². The normalized spacial score (nSPS) is 16.0. The lowest BCUT2D eigenvalue weighted by Crippen LogP contribution is -2.47. The Bertz CT molecular complexity index is 1730. The second-order valence-electron chi connectivity index (χ2n) is 12.8. The van der Waals surface area contributed by atoms with Crippen LogP contribution in [-0.2, 0) is 11.0 Å². The number of fused-ring (bicyclic) bond motifs is 3. The Morgan fingerprint density at radius 1 is 1.07 bits per heavy atom. The quantitative estimate of drug-likeness (QED) is 0.233. The molecule has 4 aromatic heterocycles. The van der Waals surface area contributed by atoms with Gasteiger partial charge in [0.15, 0.2) is 25.4 Å². The van der Waals surface area contributed by atoms with Crippen molar-refractivity contribution in [3.05, 3.63) is 54.2 Å². The van der Waals surface area contributed by atoms with Crippen LogP contribution in [0.25, 0.3) is 28.3 Å². The molecule has 1 aliphatic rings. The Morgan fingerprint density at radius 2 is 1.84 bits per heavy atom. The summed E-state index contributed by atoms with van der Waals surface area (Å²) < 4.78 is 30.4. The van der Waals surface area contributed by atoms with E-state index in [-0.39, 0.29) is 22.9 Å². The molecule has 1 atom stereocenters. The third-order valence-electron chi connectivity index (χ3n) is 8.90. The van der Waals surface area contributed by atoms with Crippen molar-refractivity contribution in [2.45, 2.75) is 58.5 Å². The number of aromatic nitrogens is 6. The summed E-state index contributed by atoms with van der Waals surface area (Å²) in [7, 11) is -1.95. The van der Waals surface area contributed by atoms with Crippen LogP contribution in [0.4, 0.5) is 16.0 Å². The molecule has 0 saturated carbocycles. The Kier molecular flexibility index (Phi) is 7.51. The number of benzene rings is 1. The van der Waals surface area contributed by atoms with Gasteiger partial charge in [0.1, 0.15) is 5.82 Å². The van der Waals surface area contributed by atoms with Gasteiger partial charge in [-0.3, -0.25) is 4.90 Å². The highest BCUT2D eigenvalue weighted by molar-refractivity contribution is 6.74. The van der Waals surface area contributed by atoms with Gasteiger partial charge in [0.05, 0.1) is 36.2 Å². The highest BCUT2D eigenvalue weighted by Gasteiger charge is 2.38. The summed E-state index contributed by atoms with van der Waals surface area (Å²) in [5, 5.41) is 9.92. The van der Waals surface area contributed by atoms with Gasteiger partial charge in [-0.2, -0.15) is 14.6 Å². The molecule has 1 aromatic carbocycles. The van der Waals surface area contributed by atoms with E-state index in [0.717, 1.165) is 43.7 Å². The number of halogens is 1. The van der Waals surface area contributed by atoms with E-state index in [1.807, 2.05) is 16.8 Å². The van der Waals surface area contributed by atoms with Gasteiger partial charge in [0.2, 0.25) is 11.8 Å². The number of nitrogens with zero attached hydrogens (tertiary/aromatic N) is 8. The van der Waals surface area contributed by atoms with Crippen LogP contribution in [0.3, 0.4) is 0 Å². The van der Waals surface area contributed by atoms with Crippen LogP contribution in [0.5, 0.6) is 0 Å². The van der Waals surface area contributed by atoms with Gasteiger partial charge < -0.3 is 19.5 Å². The molecule has 5 heterocycles. The minimum atomic E-state index is -1.95. The van der Waals surface area contributed by atoms with E-state index in [2.05, 4.69) is 70.8 Å². The second kappa shape index (κ2) is 11.0. The molecule has 2 N–H and O–H groups in total. The van der Waals surface area contributed by atoms with Crippen LogP contribution >= 0.6 is 0 Å². The van der Waals surface area contributed by atoms with Crippen molar-refractivity contribution in [3.63, 3.8) is 0 Å². The summed E-state index contributed by atoms with van der Waals surface area (Å²) in [5.41, 5.74) is 9.15. The maximum Gasteiger partial charge on any atom is 0.225 e. The molecule has 0 unspecified atom stereocenters. The van der Waals surface area contributed by atoms with Crippen molar-refractivity contribution >= 4 is 36.6 Å². The molecule has 1 saturated heterocycles. The molecule has 1 aliphatic heterocycles. The maximum atomic E-state index is 15.0. The van der Waals surface area contributed by atoms with Crippen molar-refractivity contribution in [2.75, 3.05) is 43.4 Å². The summed E-state index contributed by atoms with van der Waals surface area (Å²) in [4.78, 5) is 13.7. The predicted molar refractivity (Wildman–Crippen MR) is 168 cm³/mol. The molecule has 13 heteroatoms. The molecule has 228 valence electrons. The fourth-order valence-electron chi connectivity index (χ4n) is 5.29. The van der Waals surface area contributed by atoms with Gasteiger partial charge in [0.25, 0.3) is 0 Å². The van der Waals surface area contributed by atoms with E-state index in [1.165, 1.54) is 4.52 Å². The molecule has 5 aromatic rings. The third kappa shape index (κ3) is 5.64. The summed E-state index contributed by atoms with van der Waals surface area (Å²) in [5.74, 6) is 1.04. The van der Waals surface area contributed by atoms with Gasteiger partial charge in [-0.15, -0.1) is 5.10 Å². The number of hydrogen-bond acceptors (Lipinski definition) is 9. The molecule has 43 heavy (non-hydrogen) atoms. The van der Waals surface area contributed by atoms with Crippen molar-refractivity contribution in [1.29, 1.82) is 0 Å². The van der Waals surface area contributed by atoms with Gasteiger partial charge in [-0.1, -0.05) is 26.8 Å². The number of anilines is 2. The highest BCUT2D eigenvalue weighted by atomic mass is 28.4. The fourth-order valence-corrected chi connectivity index (χ4v) is 6.66. The highest BCUT2D eigenvalue weighted by Crippen LogP contribution is 2.40. The average molecular weight is 606 g/mol. The Labute approximate surface area is 251 Å². The van der Waals surface area contributed by atoms with Crippen molar-refractivity contribution in [2.24, 2.45) is 0 Å². The minimum Gasteiger partial charge on any atom is -0.461 e. The van der Waals surface area contributed by atoms with E-state index < -0.39 is 8.32 Å². The van der Waals surface area contributed by atoms with Crippen LogP contribution < -0.4 is 10.6 Å². The number of rotatable bonds is 8.